The maximum atomic E-state index is 12.0. The maximum absolute atomic E-state index is 12.0. The molecule has 0 unspecified atom stereocenters. The van der Waals surface area contributed by atoms with Gasteiger partial charge in [-0.1, -0.05) is 11.6 Å². The Morgan fingerprint density at radius 1 is 1.50 bits per heavy atom. The van der Waals surface area contributed by atoms with Crippen LogP contribution in [-0.2, 0) is 4.74 Å². The maximum Gasteiger partial charge on any atom is 0.340 e. The van der Waals surface area contributed by atoms with Gasteiger partial charge in [-0.05, 0) is 31.2 Å². The van der Waals surface area contributed by atoms with Gasteiger partial charge in [0.25, 0.3) is 0 Å². The van der Waals surface area contributed by atoms with Gasteiger partial charge in [-0.15, -0.1) is 0 Å². The van der Waals surface area contributed by atoms with Crippen molar-refractivity contribution in [3.05, 3.63) is 47.2 Å². The molecule has 0 fully saturated rings. The zero-order valence-corrected chi connectivity index (χ0v) is 11.6. The molecule has 0 aliphatic rings. The molecule has 0 aliphatic carbocycles. The van der Waals surface area contributed by atoms with Gasteiger partial charge in [-0.3, -0.25) is 4.98 Å². The number of anilines is 3. The number of aromatic nitrogens is 1. The summed E-state index contributed by atoms with van der Waals surface area (Å²) >= 11 is 6.16. The van der Waals surface area contributed by atoms with Gasteiger partial charge in [0.15, 0.2) is 0 Å². The van der Waals surface area contributed by atoms with E-state index < -0.39 is 5.97 Å². The lowest BCUT2D eigenvalue weighted by Gasteiger charge is -2.13. The average molecular weight is 292 g/mol. The van der Waals surface area contributed by atoms with Gasteiger partial charge in [0.2, 0.25) is 0 Å². The lowest BCUT2D eigenvalue weighted by Crippen LogP contribution is -2.09. The van der Waals surface area contributed by atoms with E-state index in [2.05, 4.69) is 10.3 Å². The van der Waals surface area contributed by atoms with Crippen LogP contribution in [0.15, 0.2) is 36.7 Å². The van der Waals surface area contributed by atoms with Crippen molar-refractivity contribution < 1.29 is 9.53 Å². The number of pyridine rings is 1. The number of carbonyl (C=O) groups excluding carboxylic acids is 1. The van der Waals surface area contributed by atoms with Crippen LogP contribution in [0.5, 0.6) is 0 Å². The van der Waals surface area contributed by atoms with E-state index >= 15 is 0 Å². The van der Waals surface area contributed by atoms with E-state index in [4.69, 9.17) is 22.1 Å². The van der Waals surface area contributed by atoms with Crippen molar-refractivity contribution in [2.45, 2.75) is 6.92 Å². The molecule has 0 atom stereocenters. The lowest BCUT2D eigenvalue weighted by molar-refractivity contribution is 0.0527. The molecule has 0 amide bonds. The third-order valence-electron chi connectivity index (χ3n) is 2.54. The SMILES string of the molecule is CCOC(=O)c1cc(N)cc(Cl)c1Nc1cccnc1. The molecule has 0 saturated heterocycles. The van der Waals surface area contributed by atoms with Gasteiger partial charge < -0.3 is 15.8 Å². The van der Waals surface area contributed by atoms with Crippen LogP contribution >= 0.6 is 11.6 Å². The van der Waals surface area contributed by atoms with Crippen molar-refractivity contribution in [3.63, 3.8) is 0 Å². The molecule has 0 bridgehead atoms. The molecule has 1 heterocycles. The predicted molar refractivity (Wildman–Crippen MR) is 79.3 cm³/mol. The predicted octanol–water partition coefficient (Wildman–Crippen LogP) is 3.24. The van der Waals surface area contributed by atoms with Crippen LogP contribution < -0.4 is 11.1 Å². The highest BCUT2D eigenvalue weighted by Gasteiger charge is 2.17. The summed E-state index contributed by atoms with van der Waals surface area (Å²) in [5.74, 6) is -0.479. The second-order valence-corrected chi connectivity index (χ2v) is 4.42. The molecule has 0 saturated carbocycles. The second kappa shape index (κ2) is 6.25. The summed E-state index contributed by atoms with van der Waals surface area (Å²) < 4.78 is 5.01. The Balaban J connectivity index is 2.42. The van der Waals surface area contributed by atoms with E-state index in [1.54, 1.807) is 31.5 Å². The molecule has 0 aliphatic heterocycles. The molecule has 20 heavy (non-hydrogen) atoms. The number of halogens is 1. The minimum absolute atomic E-state index is 0.275. The summed E-state index contributed by atoms with van der Waals surface area (Å²) in [4.78, 5) is 16.0. The summed E-state index contributed by atoms with van der Waals surface area (Å²) in [6, 6.07) is 6.69. The Labute approximate surface area is 121 Å². The molecule has 2 aromatic rings. The van der Waals surface area contributed by atoms with Crippen molar-refractivity contribution in [1.29, 1.82) is 0 Å². The minimum Gasteiger partial charge on any atom is -0.462 e. The van der Waals surface area contributed by atoms with Crippen molar-refractivity contribution in [2.24, 2.45) is 0 Å². The minimum atomic E-state index is -0.479. The van der Waals surface area contributed by atoms with Crippen molar-refractivity contribution in [1.82, 2.24) is 4.98 Å². The first-order valence-corrected chi connectivity index (χ1v) is 6.42. The molecule has 0 radical (unpaired) electrons. The van der Waals surface area contributed by atoms with Crippen LogP contribution in [0.25, 0.3) is 0 Å². The Bertz CT molecular complexity index is 617. The summed E-state index contributed by atoms with van der Waals surface area (Å²) in [6.45, 7) is 2.01. The lowest BCUT2D eigenvalue weighted by atomic mass is 10.1. The van der Waals surface area contributed by atoms with Gasteiger partial charge in [0, 0.05) is 11.9 Å². The second-order valence-electron chi connectivity index (χ2n) is 4.01. The van der Waals surface area contributed by atoms with Crippen molar-refractivity contribution >= 4 is 34.6 Å². The van der Waals surface area contributed by atoms with Crippen LogP contribution in [0.1, 0.15) is 17.3 Å². The number of rotatable bonds is 4. The molecule has 6 heteroatoms. The zero-order valence-electron chi connectivity index (χ0n) is 10.9. The normalized spacial score (nSPS) is 10.1. The number of carbonyl (C=O) groups is 1. The van der Waals surface area contributed by atoms with E-state index in [0.717, 1.165) is 0 Å². The Kier molecular flexibility index (Phi) is 4.42. The first kappa shape index (κ1) is 14.1. The molecule has 5 nitrogen and oxygen atoms in total. The fraction of sp³-hybridized carbons (Fsp3) is 0.143. The number of nitrogens with zero attached hydrogens (tertiary/aromatic N) is 1. The third-order valence-corrected chi connectivity index (χ3v) is 2.84. The van der Waals surface area contributed by atoms with Crippen LogP contribution in [0, 0.1) is 0 Å². The van der Waals surface area contributed by atoms with Gasteiger partial charge in [0.1, 0.15) is 0 Å². The summed E-state index contributed by atoms with van der Waals surface area (Å²) in [5, 5.41) is 3.40. The number of nitrogen functional groups attached to an aromatic ring is 1. The highest BCUT2D eigenvalue weighted by Crippen LogP contribution is 2.32. The number of hydrogen-bond donors (Lipinski definition) is 2. The molecule has 0 spiro atoms. The van der Waals surface area contributed by atoms with Gasteiger partial charge in [0.05, 0.1) is 34.8 Å². The van der Waals surface area contributed by atoms with E-state index in [1.807, 2.05) is 6.07 Å². The van der Waals surface area contributed by atoms with E-state index in [1.165, 1.54) is 6.07 Å². The van der Waals surface area contributed by atoms with Gasteiger partial charge >= 0.3 is 5.97 Å². The van der Waals surface area contributed by atoms with Gasteiger partial charge in [-0.25, -0.2) is 4.79 Å². The number of benzene rings is 1. The summed E-state index contributed by atoms with van der Waals surface area (Å²) in [5.41, 5.74) is 7.58. The van der Waals surface area contributed by atoms with Crippen LogP contribution in [0.2, 0.25) is 5.02 Å². The van der Waals surface area contributed by atoms with Crippen LogP contribution in [-0.4, -0.2) is 17.6 Å². The van der Waals surface area contributed by atoms with Gasteiger partial charge in [-0.2, -0.15) is 0 Å². The van der Waals surface area contributed by atoms with Crippen LogP contribution in [0.3, 0.4) is 0 Å². The molecular formula is C14H14ClN3O2. The van der Waals surface area contributed by atoms with Crippen molar-refractivity contribution in [2.75, 3.05) is 17.7 Å². The smallest absolute Gasteiger partial charge is 0.340 e. The highest BCUT2D eigenvalue weighted by atomic mass is 35.5. The quantitative estimate of drug-likeness (QED) is 0.668. The molecule has 2 rings (SSSR count). The fourth-order valence-corrected chi connectivity index (χ4v) is 1.98. The zero-order chi connectivity index (χ0) is 14.5. The molecule has 104 valence electrons. The monoisotopic (exact) mass is 291 g/mol. The molecule has 1 aromatic carbocycles. The molecular weight excluding hydrogens is 278 g/mol. The number of esters is 1. The van der Waals surface area contributed by atoms with E-state index in [-0.39, 0.29) is 6.61 Å². The van der Waals surface area contributed by atoms with Crippen molar-refractivity contribution in [3.8, 4) is 0 Å². The summed E-state index contributed by atoms with van der Waals surface area (Å²) in [7, 11) is 0. The first-order chi connectivity index (χ1) is 9.61. The summed E-state index contributed by atoms with van der Waals surface area (Å²) in [6.07, 6.45) is 3.28. The van der Waals surface area contributed by atoms with E-state index in [0.29, 0.717) is 27.6 Å². The number of nitrogens with two attached hydrogens (primary N) is 1. The Hall–Kier alpha value is -2.27. The fourth-order valence-electron chi connectivity index (χ4n) is 1.71. The Morgan fingerprint density at radius 2 is 2.30 bits per heavy atom. The molecule has 1 aromatic heterocycles. The Morgan fingerprint density at radius 3 is 2.95 bits per heavy atom. The average Bonchev–Trinajstić information content (AvgIpc) is 2.43. The number of hydrogen-bond acceptors (Lipinski definition) is 5. The van der Waals surface area contributed by atoms with Crippen LogP contribution in [0.4, 0.5) is 17.1 Å². The highest BCUT2D eigenvalue weighted by molar-refractivity contribution is 6.34. The topological polar surface area (TPSA) is 77.2 Å². The third kappa shape index (κ3) is 3.19. The number of ether oxygens (including phenoxy) is 1. The largest absolute Gasteiger partial charge is 0.462 e. The number of nitrogens with one attached hydrogen (secondary N) is 1. The molecule has 3 N–H and O–H groups in total. The standard InChI is InChI=1S/C14H14ClN3O2/c1-2-20-14(19)11-6-9(16)7-12(15)13(11)18-10-4-3-5-17-8-10/h3-8,18H,2,16H2,1H3. The van der Waals surface area contributed by atoms with E-state index in [9.17, 15) is 4.79 Å². The first-order valence-electron chi connectivity index (χ1n) is 6.05.